The molecule has 0 fully saturated rings. The maximum Gasteiger partial charge on any atom is 0.167 e. The highest BCUT2D eigenvalue weighted by molar-refractivity contribution is 5.40. The molecule has 0 aromatic heterocycles. The van der Waals surface area contributed by atoms with Crippen LogP contribution in [0.25, 0.3) is 0 Å². The van der Waals surface area contributed by atoms with E-state index in [1.165, 1.54) is 11.1 Å². The number of nitrogens with zero attached hydrogens (tertiary/aromatic N) is 2. The van der Waals surface area contributed by atoms with Crippen LogP contribution in [0.3, 0.4) is 0 Å². The summed E-state index contributed by atoms with van der Waals surface area (Å²) in [5.41, 5.74) is 2.36. The summed E-state index contributed by atoms with van der Waals surface area (Å²) in [6.07, 6.45) is 2.63. The Labute approximate surface area is 113 Å². The lowest BCUT2D eigenvalue weighted by Gasteiger charge is -2.20. The minimum absolute atomic E-state index is 0.0470. The first-order valence-corrected chi connectivity index (χ1v) is 6.47. The van der Waals surface area contributed by atoms with Crippen LogP contribution in [0.4, 0.5) is 0 Å². The van der Waals surface area contributed by atoms with Gasteiger partial charge >= 0.3 is 0 Å². The van der Waals surface area contributed by atoms with E-state index in [4.69, 9.17) is 10.5 Å². The van der Waals surface area contributed by atoms with E-state index >= 15 is 0 Å². The summed E-state index contributed by atoms with van der Waals surface area (Å²) in [6.45, 7) is 2.07. The van der Waals surface area contributed by atoms with Gasteiger partial charge in [-0.1, -0.05) is 31.2 Å². The van der Waals surface area contributed by atoms with Crippen molar-refractivity contribution >= 4 is 0 Å². The van der Waals surface area contributed by atoms with Gasteiger partial charge in [0.2, 0.25) is 0 Å². The zero-order valence-electron chi connectivity index (χ0n) is 10.9. The summed E-state index contributed by atoms with van der Waals surface area (Å²) in [5.74, 6) is 0.0660. The van der Waals surface area contributed by atoms with Crippen molar-refractivity contribution in [2.75, 3.05) is 0 Å². The van der Waals surface area contributed by atoms with Crippen LogP contribution in [0.2, 0.25) is 0 Å². The van der Waals surface area contributed by atoms with Gasteiger partial charge in [-0.05, 0) is 36.3 Å². The third kappa shape index (κ3) is 2.61. The number of hydrogen-bond donors (Lipinski definition) is 1. The van der Waals surface area contributed by atoms with Gasteiger partial charge in [-0.3, -0.25) is 0 Å². The fourth-order valence-corrected chi connectivity index (χ4v) is 2.71. The van der Waals surface area contributed by atoms with Crippen molar-refractivity contribution in [3.05, 3.63) is 46.7 Å². The average Bonchev–Trinajstić information content (AvgIpc) is 2.60. The van der Waals surface area contributed by atoms with E-state index in [0.717, 1.165) is 12.8 Å². The second-order valence-electron chi connectivity index (χ2n) is 5.08. The molecule has 0 radical (unpaired) electrons. The minimum Gasteiger partial charge on any atom is -0.510 e. The van der Waals surface area contributed by atoms with E-state index in [1.807, 2.05) is 12.1 Å². The van der Waals surface area contributed by atoms with Crippen LogP contribution in [0, 0.1) is 34.5 Å². The van der Waals surface area contributed by atoms with Crippen molar-refractivity contribution < 1.29 is 5.11 Å². The molecule has 0 saturated heterocycles. The van der Waals surface area contributed by atoms with Crippen LogP contribution in [-0.2, 0) is 12.8 Å². The SMILES string of the molecule is C[C@H]1CCc2ccccc2C[C@@H]1C(O)=C(C#N)C#N. The lowest BCUT2D eigenvalue weighted by Crippen LogP contribution is -2.17. The van der Waals surface area contributed by atoms with Crippen molar-refractivity contribution in [2.24, 2.45) is 11.8 Å². The molecule has 0 spiro atoms. The van der Waals surface area contributed by atoms with E-state index in [0.29, 0.717) is 6.42 Å². The van der Waals surface area contributed by atoms with E-state index in [9.17, 15) is 5.11 Å². The van der Waals surface area contributed by atoms with Crippen LogP contribution >= 0.6 is 0 Å². The topological polar surface area (TPSA) is 67.8 Å². The Morgan fingerprint density at radius 1 is 1.21 bits per heavy atom. The predicted octanol–water partition coefficient (Wildman–Crippen LogP) is 3.29. The fourth-order valence-electron chi connectivity index (χ4n) is 2.71. The normalized spacial score (nSPS) is 21.4. The molecule has 1 aromatic carbocycles. The van der Waals surface area contributed by atoms with Gasteiger partial charge in [-0.25, -0.2) is 0 Å². The average molecular weight is 252 g/mol. The highest BCUT2D eigenvalue weighted by Gasteiger charge is 2.28. The fraction of sp³-hybridized carbons (Fsp3) is 0.375. The monoisotopic (exact) mass is 252 g/mol. The molecule has 1 aliphatic carbocycles. The Kier molecular flexibility index (Phi) is 3.88. The standard InChI is InChI=1S/C16H16N2O/c1-11-6-7-12-4-2-3-5-13(12)8-15(11)16(19)14(9-17)10-18/h2-5,11,15,19H,6-8H2,1H3/t11-,15-/m0/s1. The molecule has 0 saturated carbocycles. The third-order valence-electron chi connectivity index (χ3n) is 3.95. The first-order chi connectivity index (χ1) is 9.17. The minimum atomic E-state index is -0.156. The van der Waals surface area contributed by atoms with Gasteiger partial charge in [0.05, 0.1) is 0 Å². The molecule has 3 heteroatoms. The molecule has 1 aromatic rings. The number of aliphatic hydroxyl groups excluding tert-OH is 1. The Morgan fingerprint density at radius 3 is 2.47 bits per heavy atom. The van der Waals surface area contributed by atoms with Crippen molar-refractivity contribution in [1.82, 2.24) is 0 Å². The van der Waals surface area contributed by atoms with E-state index in [-0.39, 0.29) is 23.2 Å². The zero-order chi connectivity index (χ0) is 13.8. The molecule has 96 valence electrons. The second-order valence-corrected chi connectivity index (χ2v) is 5.08. The number of benzene rings is 1. The van der Waals surface area contributed by atoms with Crippen LogP contribution in [0.15, 0.2) is 35.6 Å². The van der Waals surface area contributed by atoms with E-state index in [2.05, 4.69) is 19.1 Å². The Hall–Kier alpha value is -2.26. The highest BCUT2D eigenvalue weighted by atomic mass is 16.3. The third-order valence-corrected chi connectivity index (χ3v) is 3.95. The largest absolute Gasteiger partial charge is 0.510 e. The Bertz CT molecular complexity index is 574. The first-order valence-electron chi connectivity index (χ1n) is 6.47. The van der Waals surface area contributed by atoms with Gasteiger partial charge in [-0.15, -0.1) is 0 Å². The molecular formula is C16H16N2O. The number of aliphatic hydroxyl groups is 1. The summed E-state index contributed by atoms with van der Waals surface area (Å²) in [6, 6.07) is 11.7. The first kappa shape index (κ1) is 13.2. The van der Waals surface area contributed by atoms with Crippen molar-refractivity contribution in [2.45, 2.75) is 26.2 Å². The zero-order valence-corrected chi connectivity index (χ0v) is 10.9. The summed E-state index contributed by atoms with van der Waals surface area (Å²) >= 11 is 0. The molecule has 0 bridgehead atoms. The molecular weight excluding hydrogens is 236 g/mol. The molecule has 0 amide bonds. The van der Waals surface area contributed by atoms with Crippen LogP contribution in [0.1, 0.15) is 24.5 Å². The maximum absolute atomic E-state index is 10.2. The molecule has 2 rings (SSSR count). The van der Waals surface area contributed by atoms with Crippen LogP contribution < -0.4 is 0 Å². The van der Waals surface area contributed by atoms with Crippen molar-refractivity contribution in [3.8, 4) is 12.1 Å². The van der Waals surface area contributed by atoms with Crippen LogP contribution in [-0.4, -0.2) is 5.11 Å². The lowest BCUT2D eigenvalue weighted by molar-refractivity contribution is 0.264. The van der Waals surface area contributed by atoms with Gasteiger partial charge in [0.1, 0.15) is 17.9 Å². The van der Waals surface area contributed by atoms with Crippen molar-refractivity contribution in [3.63, 3.8) is 0 Å². The molecule has 3 nitrogen and oxygen atoms in total. The summed E-state index contributed by atoms with van der Waals surface area (Å²) in [4.78, 5) is 0. The molecule has 0 heterocycles. The highest BCUT2D eigenvalue weighted by Crippen LogP contribution is 2.33. The van der Waals surface area contributed by atoms with Gasteiger partial charge < -0.3 is 5.11 Å². The number of aryl methyl sites for hydroxylation is 1. The quantitative estimate of drug-likeness (QED) is 0.473. The lowest BCUT2D eigenvalue weighted by atomic mass is 9.85. The van der Waals surface area contributed by atoms with Gasteiger partial charge in [0.25, 0.3) is 0 Å². The predicted molar refractivity (Wildman–Crippen MR) is 72.0 cm³/mol. The van der Waals surface area contributed by atoms with Crippen molar-refractivity contribution in [1.29, 1.82) is 10.5 Å². The maximum atomic E-state index is 10.2. The van der Waals surface area contributed by atoms with Crippen LogP contribution in [0.5, 0.6) is 0 Å². The molecule has 1 N–H and O–H groups in total. The Morgan fingerprint density at radius 2 is 1.84 bits per heavy atom. The van der Waals surface area contributed by atoms with Gasteiger partial charge in [0.15, 0.2) is 5.57 Å². The van der Waals surface area contributed by atoms with E-state index in [1.54, 1.807) is 12.1 Å². The van der Waals surface area contributed by atoms with Gasteiger partial charge in [0, 0.05) is 5.92 Å². The number of nitriles is 2. The summed E-state index contributed by atoms with van der Waals surface area (Å²) in [5, 5.41) is 28.0. The number of hydrogen-bond acceptors (Lipinski definition) is 3. The number of rotatable bonds is 1. The molecule has 19 heavy (non-hydrogen) atoms. The molecule has 1 aliphatic rings. The smallest absolute Gasteiger partial charge is 0.167 e. The molecule has 0 aliphatic heterocycles. The molecule has 2 atom stereocenters. The Balaban J connectivity index is 2.40. The summed E-state index contributed by atoms with van der Waals surface area (Å²) in [7, 11) is 0. The number of allylic oxidation sites excluding steroid dienone is 2. The number of fused-ring (bicyclic) bond motifs is 1. The second kappa shape index (κ2) is 5.59. The summed E-state index contributed by atoms with van der Waals surface area (Å²) < 4.78 is 0. The van der Waals surface area contributed by atoms with E-state index < -0.39 is 0 Å². The molecule has 0 unspecified atom stereocenters. The van der Waals surface area contributed by atoms with Gasteiger partial charge in [-0.2, -0.15) is 10.5 Å².